The maximum Gasteiger partial charge on any atom is 0.272 e. The predicted molar refractivity (Wildman–Crippen MR) is 106 cm³/mol. The highest BCUT2D eigenvalue weighted by Gasteiger charge is 2.04. The molecule has 2 N–H and O–H groups in total. The van der Waals surface area contributed by atoms with Crippen LogP contribution >= 0.6 is 15.9 Å². The lowest BCUT2D eigenvalue weighted by Crippen LogP contribution is -2.17. The minimum absolute atomic E-state index is 0.00998. The molecule has 134 valence electrons. The summed E-state index contributed by atoms with van der Waals surface area (Å²) in [5.41, 5.74) is 4.38. The van der Waals surface area contributed by atoms with Gasteiger partial charge in [-0.15, -0.1) is 0 Å². The molecule has 0 bridgehead atoms. The fourth-order valence-corrected chi connectivity index (χ4v) is 2.47. The summed E-state index contributed by atoms with van der Waals surface area (Å²) >= 11 is 3.38. The third-order valence-electron chi connectivity index (χ3n) is 3.39. The van der Waals surface area contributed by atoms with Crippen LogP contribution < -0.4 is 5.43 Å². The second-order valence-corrected chi connectivity index (χ2v) is 6.28. The van der Waals surface area contributed by atoms with E-state index in [1.165, 1.54) is 18.5 Å². The smallest absolute Gasteiger partial charge is 0.272 e. The second kappa shape index (κ2) is 8.81. The highest BCUT2D eigenvalue weighted by atomic mass is 79.9. The van der Waals surface area contributed by atoms with Crippen molar-refractivity contribution in [1.82, 2.24) is 10.4 Å². The van der Waals surface area contributed by atoms with Gasteiger partial charge in [0.05, 0.1) is 23.2 Å². The van der Waals surface area contributed by atoms with Gasteiger partial charge in [0.2, 0.25) is 0 Å². The summed E-state index contributed by atoms with van der Waals surface area (Å²) < 4.78 is 0.904. The molecule has 7 nitrogen and oxygen atoms in total. The van der Waals surface area contributed by atoms with Crippen LogP contribution in [0.4, 0.5) is 11.4 Å². The fraction of sp³-hybridized carbons (Fsp3) is 0. The molecular weight excluding hydrogens is 410 g/mol. The second-order valence-electron chi connectivity index (χ2n) is 5.36. The summed E-state index contributed by atoms with van der Waals surface area (Å²) in [5, 5.41) is 22.1. The third kappa shape index (κ3) is 5.29. The first-order valence-electron chi connectivity index (χ1n) is 7.85. The number of phenolic OH excluding ortho intramolecular Hbond substituents is 1. The van der Waals surface area contributed by atoms with Gasteiger partial charge in [0.15, 0.2) is 0 Å². The maximum atomic E-state index is 11.9. The molecule has 1 aromatic heterocycles. The van der Waals surface area contributed by atoms with Crippen molar-refractivity contribution in [3.8, 4) is 5.75 Å². The minimum Gasteiger partial charge on any atom is -0.507 e. The van der Waals surface area contributed by atoms with Crippen LogP contribution in [0.25, 0.3) is 0 Å². The predicted octanol–water partition coefficient (Wildman–Crippen LogP) is 4.73. The van der Waals surface area contributed by atoms with Crippen molar-refractivity contribution >= 4 is 39.4 Å². The molecule has 0 saturated carbocycles. The third-order valence-corrected chi connectivity index (χ3v) is 3.89. The number of hydrogen-bond donors (Lipinski definition) is 2. The van der Waals surface area contributed by atoms with Crippen molar-refractivity contribution in [2.75, 3.05) is 0 Å². The number of carbonyl (C=O) groups is 1. The van der Waals surface area contributed by atoms with E-state index in [2.05, 4.69) is 41.7 Å². The molecule has 8 heteroatoms. The van der Waals surface area contributed by atoms with Crippen LogP contribution in [0, 0.1) is 0 Å². The van der Waals surface area contributed by atoms with Crippen LogP contribution in [0.15, 0.2) is 86.8 Å². The van der Waals surface area contributed by atoms with Gasteiger partial charge in [-0.2, -0.15) is 15.3 Å². The molecule has 1 amide bonds. The molecule has 0 radical (unpaired) electrons. The van der Waals surface area contributed by atoms with Gasteiger partial charge in [-0.05, 0) is 48.5 Å². The number of hydrogen-bond acceptors (Lipinski definition) is 6. The first-order valence-corrected chi connectivity index (χ1v) is 8.65. The van der Waals surface area contributed by atoms with E-state index in [4.69, 9.17) is 0 Å². The van der Waals surface area contributed by atoms with Gasteiger partial charge in [0.25, 0.3) is 5.91 Å². The van der Waals surface area contributed by atoms with E-state index in [-0.39, 0.29) is 5.75 Å². The number of hydrazone groups is 1. The molecule has 0 aliphatic carbocycles. The number of benzene rings is 2. The Balaban J connectivity index is 1.70. The number of nitrogens with zero attached hydrogens (tertiary/aromatic N) is 4. The van der Waals surface area contributed by atoms with Crippen molar-refractivity contribution in [3.63, 3.8) is 0 Å². The number of phenols is 1. The zero-order chi connectivity index (χ0) is 19.1. The Labute approximate surface area is 163 Å². The molecule has 0 fully saturated rings. The minimum atomic E-state index is -0.399. The van der Waals surface area contributed by atoms with Gasteiger partial charge >= 0.3 is 0 Å². The summed E-state index contributed by atoms with van der Waals surface area (Å²) in [4.78, 5) is 15.8. The fourth-order valence-electron chi connectivity index (χ4n) is 2.08. The van der Waals surface area contributed by atoms with Gasteiger partial charge in [0.1, 0.15) is 5.75 Å². The number of amides is 1. The zero-order valence-electron chi connectivity index (χ0n) is 14.0. The van der Waals surface area contributed by atoms with Crippen molar-refractivity contribution < 1.29 is 9.90 Å². The molecule has 0 aliphatic heterocycles. The van der Waals surface area contributed by atoms with E-state index in [1.54, 1.807) is 30.5 Å². The topological polar surface area (TPSA) is 99.3 Å². The SMILES string of the molecule is O=C(N/N=C/c1cc(N=Nc2cccc(Br)c2)ccc1O)c1cccnc1. The number of aromatic hydroxyl groups is 1. The van der Waals surface area contributed by atoms with Crippen LogP contribution in [0.2, 0.25) is 0 Å². The number of rotatable bonds is 5. The molecule has 1 heterocycles. The molecule has 3 rings (SSSR count). The first kappa shape index (κ1) is 18.4. The first-order chi connectivity index (χ1) is 13.1. The lowest BCUT2D eigenvalue weighted by atomic mass is 10.2. The average Bonchev–Trinajstić information content (AvgIpc) is 2.69. The standard InChI is InChI=1S/C19H14BrN5O2/c20-15-4-1-5-16(10-15)23-24-17-6-7-18(26)14(9-17)12-22-25-19(27)13-3-2-8-21-11-13/h1-12,26H,(H,25,27)/b22-12+,24-23?. The molecule has 27 heavy (non-hydrogen) atoms. The molecular formula is C19H14BrN5O2. The largest absolute Gasteiger partial charge is 0.507 e. The summed E-state index contributed by atoms with van der Waals surface area (Å²) in [6, 6.07) is 15.4. The molecule has 0 aliphatic rings. The Morgan fingerprint density at radius 1 is 1.07 bits per heavy atom. The van der Waals surface area contributed by atoms with Crippen molar-refractivity contribution in [2.45, 2.75) is 0 Å². The molecule has 2 aromatic carbocycles. The highest BCUT2D eigenvalue weighted by Crippen LogP contribution is 2.25. The van der Waals surface area contributed by atoms with E-state index in [9.17, 15) is 9.90 Å². The number of halogens is 1. The lowest BCUT2D eigenvalue weighted by Gasteiger charge is -2.01. The van der Waals surface area contributed by atoms with Crippen molar-refractivity contribution in [1.29, 1.82) is 0 Å². The van der Waals surface area contributed by atoms with E-state index in [0.29, 0.717) is 22.5 Å². The molecule has 0 spiro atoms. The number of nitrogens with one attached hydrogen (secondary N) is 1. The van der Waals surface area contributed by atoms with Crippen LogP contribution in [0.3, 0.4) is 0 Å². The van der Waals surface area contributed by atoms with Gasteiger partial charge < -0.3 is 5.11 Å². The van der Waals surface area contributed by atoms with E-state index < -0.39 is 5.91 Å². The van der Waals surface area contributed by atoms with Gasteiger partial charge in [-0.3, -0.25) is 9.78 Å². The van der Waals surface area contributed by atoms with Gasteiger partial charge in [-0.1, -0.05) is 22.0 Å². The molecule has 0 atom stereocenters. The normalized spacial score (nSPS) is 11.1. The van der Waals surface area contributed by atoms with Crippen LogP contribution in [-0.2, 0) is 0 Å². The average molecular weight is 424 g/mol. The van der Waals surface area contributed by atoms with E-state index in [0.717, 1.165) is 4.47 Å². The summed E-state index contributed by atoms with van der Waals surface area (Å²) in [7, 11) is 0. The van der Waals surface area contributed by atoms with Crippen LogP contribution in [0.5, 0.6) is 5.75 Å². The molecule has 0 unspecified atom stereocenters. The number of azo groups is 1. The Hall–Kier alpha value is -3.39. The van der Waals surface area contributed by atoms with Gasteiger partial charge in [0, 0.05) is 22.4 Å². The number of pyridine rings is 1. The number of aromatic nitrogens is 1. The zero-order valence-corrected chi connectivity index (χ0v) is 15.5. The maximum absolute atomic E-state index is 11.9. The highest BCUT2D eigenvalue weighted by molar-refractivity contribution is 9.10. The van der Waals surface area contributed by atoms with Crippen molar-refractivity contribution in [2.24, 2.45) is 15.3 Å². The Kier molecular flexibility index (Phi) is 6.01. The van der Waals surface area contributed by atoms with Crippen LogP contribution in [0.1, 0.15) is 15.9 Å². The summed E-state index contributed by atoms with van der Waals surface area (Å²) in [6.07, 6.45) is 4.35. The summed E-state index contributed by atoms with van der Waals surface area (Å²) in [5.74, 6) is -0.389. The van der Waals surface area contributed by atoms with E-state index >= 15 is 0 Å². The monoisotopic (exact) mass is 423 g/mol. The lowest BCUT2D eigenvalue weighted by molar-refractivity contribution is 0.0954. The van der Waals surface area contributed by atoms with Crippen LogP contribution in [-0.4, -0.2) is 22.2 Å². The Morgan fingerprint density at radius 3 is 2.63 bits per heavy atom. The summed E-state index contributed by atoms with van der Waals surface area (Å²) in [6.45, 7) is 0. The van der Waals surface area contributed by atoms with E-state index in [1.807, 2.05) is 24.3 Å². The Bertz CT molecular complexity index is 1010. The van der Waals surface area contributed by atoms with Crippen molar-refractivity contribution in [3.05, 3.63) is 82.6 Å². The molecule has 0 saturated heterocycles. The van der Waals surface area contributed by atoms with Gasteiger partial charge in [-0.25, -0.2) is 5.43 Å². The number of carbonyl (C=O) groups excluding carboxylic acids is 1. The Morgan fingerprint density at radius 2 is 1.89 bits per heavy atom. The quantitative estimate of drug-likeness (QED) is 0.352. The molecule has 3 aromatic rings.